The fourth-order valence-electron chi connectivity index (χ4n) is 6.19. The summed E-state index contributed by atoms with van der Waals surface area (Å²) in [6, 6.07) is 9.66. The van der Waals surface area contributed by atoms with E-state index in [-0.39, 0.29) is 67.5 Å². The topological polar surface area (TPSA) is 209 Å². The van der Waals surface area contributed by atoms with Crippen molar-refractivity contribution >= 4 is 61.9 Å². The predicted octanol–water partition coefficient (Wildman–Crippen LogP) is 1.43. The molecule has 4 aromatic rings. The zero-order valence-corrected chi connectivity index (χ0v) is 26.8. The van der Waals surface area contributed by atoms with Crippen molar-refractivity contribution in [3.63, 3.8) is 0 Å². The van der Waals surface area contributed by atoms with Crippen LogP contribution in [0.1, 0.15) is 40.7 Å². The Labute approximate surface area is 283 Å². The van der Waals surface area contributed by atoms with Crippen molar-refractivity contribution in [2.45, 2.75) is 45.0 Å². The number of rotatable bonds is 9. The SMILES string of the molecule is O=C1CCC(N2Cc3c(OCc4cnn(CCC(=O)Nc5ccc6c(F)c(N7CC(=O)NS7(=O)=O)c(O)cc6c5)c4)cccc3C2=O)C(=O)N1. The minimum Gasteiger partial charge on any atom is -0.506 e. The minimum atomic E-state index is -4.35. The van der Waals surface area contributed by atoms with Gasteiger partial charge in [0.1, 0.15) is 36.4 Å². The molecule has 4 heterocycles. The summed E-state index contributed by atoms with van der Waals surface area (Å²) >= 11 is 0. The van der Waals surface area contributed by atoms with Crippen molar-refractivity contribution in [2.24, 2.45) is 0 Å². The van der Waals surface area contributed by atoms with Crippen LogP contribution in [0.5, 0.6) is 11.5 Å². The van der Waals surface area contributed by atoms with Crippen LogP contribution >= 0.6 is 0 Å². The number of aromatic nitrogens is 2. The van der Waals surface area contributed by atoms with Gasteiger partial charge in [-0.05, 0) is 48.2 Å². The summed E-state index contributed by atoms with van der Waals surface area (Å²) in [7, 11) is -4.35. The number of carbonyl (C=O) groups is 5. The summed E-state index contributed by atoms with van der Waals surface area (Å²) in [5, 5.41) is 19.9. The predicted molar refractivity (Wildman–Crippen MR) is 172 cm³/mol. The molecule has 1 atom stereocenters. The van der Waals surface area contributed by atoms with Gasteiger partial charge in [0.05, 0.1) is 12.7 Å². The number of ether oxygens (including phenoxy) is 1. The van der Waals surface area contributed by atoms with E-state index in [1.807, 2.05) is 0 Å². The van der Waals surface area contributed by atoms with Gasteiger partial charge in [0.25, 0.3) is 11.8 Å². The second kappa shape index (κ2) is 12.4. The standard InChI is InChI=1S/C32H28FN7O9S/c33-29-20-5-4-19(10-18(20)11-24(41)30(29)40-15-28(44)37-50(40,47)48)35-27(43)8-9-38-13-17(12-34-38)16-49-25-3-1-2-21-22(25)14-39(32(21)46)23-6-7-26(42)36-31(23)45/h1-5,10-13,23,41H,6-9,14-16H2,(H,35,43)(H,37,44)(H,36,42,45). The minimum absolute atomic E-state index is 0.0247. The number of aryl methyl sites for hydroxylation is 1. The highest BCUT2D eigenvalue weighted by Crippen LogP contribution is 2.39. The number of phenols is 1. The molecule has 3 aliphatic rings. The Morgan fingerprint density at radius 1 is 1.10 bits per heavy atom. The van der Waals surface area contributed by atoms with Crippen molar-refractivity contribution in [3.8, 4) is 11.5 Å². The summed E-state index contributed by atoms with van der Waals surface area (Å²) in [4.78, 5) is 62.8. The number of imide groups is 1. The molecular weight excluding hydrogens is 677 g/mol. The zero-order chi connectivity index (χ0) is 35.3. The molecule has 7 rings (SSSR count). The van der Waals surface area contributed by atoms with Gasteiger partial charge in [0, 0.05) is 53.3 Å². The molecule has 258 valence electrons. The van der Waals surface area contributed by atoms with Crippen LogP contribution < -0.4 is 24.4 Å². The number of anilines is 2. The fraction of sp³-hybridized carbons (Fsp3) is 0.250. The summed E-state index contributed by atoms with van der Waals surface area (Å²) in [6.07, 6.45) is 3.72. The van der Waals surface area contributed by atoms with Gasteiger partial charge in [-0.25, -0.2) is 13.4 Å². The number of nitrogens with zero attached hydrogens (tertiary/aromatic N) is 4. The van der Waals surface area contributed by atoms with Crippen LogP contribution in [0.25, 0.3) is 10.8 Å². The number of fused-ring (bicyclic) bond motifs is 2. The second-order valence-electron chi connectivity index (χ2n) is 11.9. The van der Waals surface area contributed by atoms with Crippen molar-refractivity contribution in [2.75, 3.05) is 16.2 Å². The molecule has 5 amide bonds. The second-order valence-corrected chi connectivity index (χ2v) is 13.5. The highest BCUT2D eigenvalue weighted by Gasteiger charge is 2.40. The maximum absolute atomic E-state index is 15.3. The van der Waals surface area contributed by atoms with Crippen LogP contribution in [-0.2, 0) is 49.1 Å². The van der Waals surface area contributed by atoms with E-state index in [0.29, 0.717) is 32.4 Å². The molecule has 0 radical (unpaired) electrons. The first-order chi connectivity index (χ1) is 23.9. The molecule has 18 heteroatoms. The Hall–Kier alpha value is -6.04. The lowest BCUT2D eigenvalue weighted by Gasteiger charge is -2.29. The number of phenolic OH excluding ortho intramolecular Hbond substituents is 1. The van der Waals surface area contributed by atoms with E-state index in [4.69, 9.17) is 4.74 Å². The molecule has 0 spiro atoms. The van der Waals surface area contributed by atoms with E-state index in [0.717, 1.165) is 6.07 Å². The molecule has 1 aromatic heterocycles. The monoisotopic (exact) mass is 705 g/mol. The first kappa shape index (κ1) is 32.5. The number of nitrogens with one attached hydrogen (secondary N) is 3. The number of amides is 5. The molecule has 0 bridgehead atoms. The summed E-state index contributed by atoms with van der Waals surface area (Å²) < 4.78 is 49.5. The van der Waals surface area contributed by atoms with E-state index in [1.54, 1.807) is 40.0 Å². The Morgan fingerprint density at radius 3 is 2.68 bits per heavy atom. The van der Waals surface area contributed by atoms with Gasteiger partial charge >= 0.3 is 10.2 Å². The van der Waals surface area contributed by atoms with E-state index in [2.05, 4.69) is 15.7 Å². The Morgan fingerprint density at radius 2 is 1.92 bits per heavy atom. The third kappa shape index (κ3) is 6.04. The van der Waals surface area contributed by atoms with Gasteiger partial charge < -0.3 is 20.1 Å². The molecule has 0 aliphatic carbocycles. The summed E-state index contributed by atoms with van der Waals surface area (Å²) in [5.41, 5.74) is 1.42. The van der Waals surface area contributed by atoms with Crippen LogP contribution in [0.4, 0.5) is 15.8 Å². The van der Waals surface area contributed by atoms with Crippen molar-refractivity contribution < 1.29 is 46.6 Å². The lowest BCUT2D eigenvalue weighted by atomic mass is 10.0. The van der Waals surface area contributed by atoms with E-state index >= 15 is 4.39 Å². The molecule has 2 fully saturated rings. The highest BCUT2D eigenvalue weighted by atomic mass is 32.2. The third-order valence-electron chi connectivity index (χ3n) is 8.57. The van der Waals surface area contributed by atoms with Crippen LogP contribution in [-0.4, -0.2) is 70.3 Å². The van der Waals surface area contributed by atoms with Crippen molar-refractivity contribution in [3.05, 3.63) is 77.4 Å². The molecule has 2 saturated heterocycles. The van der Waals surface area contributed by atoms with Gasteiger partial charge in [-0.1, -0.05) is 6.07 Å². The van der Waals surface area contributed by atoms with E-state index < -0.39 is 51.9 Å². The van der Waals surface area contributed by atoms with Gasteiger partial charge in [0.2, 0.25) is 17.7 Å². The number of hydrogen-bond acceptors (Lipinski definition) is 10. The van der Waals surface area contributed by atoms with Crippen LogP contribution in [0, 0.1) is 5.82 Å². The number of piperidine rings is 1. The third-order valence-corrected chi connectivity index (χ3v) is 9.95. The molecular formula is C32H28FN7O9S. The molecule has 1 unspecified atom stereocenters. The molecule has 50 heavy (non-hydrogen) atoms. The normalized spacial score (nSPS) is 18.3. The lowest BCUT2D eigenvalue weighted by Crippen LogP contribution is -2.52. The Bertz CT molecular complexity index is 2240. The first-order valence-corrected chi connectivity index (χ1v) is 16.8. The summed E-state index contributed by atoms with van der Waals surface area (Å²) in [5.74, 6) is -3.67. The summed E-state index contributed by atoms with van der Waals surface area (Å²) in [6.45, 7) is -0.178. The molecule has 3 aliphatic heterocycles. The lowest BCUT2D eigenvalue weighted by molar-refractivity contribution is -0.137. The average molecular weight is 706 g/mol. The number of benzene rings is 3. The van der Waals surface area contributed by atoms with Crippen LogP contribution in [0.3, 0.4) is 0 Å². The smallest absolute Gasteiger partial charge is 0.326 e. The maximum Gasteiger partial charge on any atom is 0.326 e. The maximum atomic E-state index is 15.3. The van der Waals surface area contributed by atoms with Crippen LogP contribution in [0.2, 0.25) is 0 Å². The number of hydrogen-bond donors (Lipinski definition) is 4. The number of carbonyl (C=O) groups excluding carboxylic acids is 5. The quantitative estimate of drug-likeness (QED) is 0.184. The van der Waals surface area contributed by atoms with Crippen LogP contribution in [0.15, 0.2) is 54.9 Å². The molecule has 3 aromatic carbocycles. The number of aromatic hydroxyl groups is 1. The highest BCUT2D eigenvalue weighted by molar-refractivity contribution is 7.92. The number of halogens is 1. The molecule has 0 saturated carbocycles. The van der Waals surface area contributed by atoms with E-state index in [1.165, 1.54) is 23.1 Å². The molecule has 4 N–H and O–H groups in total. The van der Waals surface area contributed by atoms with Gasteiger partial charge in [-0.2, -0.15) is 13.5 Å². The average Bonchev–Trinajstić information content (AvgIpc) is 3.73. The van der Waals surface area contributed by atoms with Crippen molar-refractivity contribution in [1.29, 1.82) is 0 Å². The Balaban J connectivity index is 0.949. The van der Waals surface area contributed by atoms with Gasteiger partial charge in [0.15, 0.2) is 5.82 Å². The van der Waals surface area contributed by atoms with E-state index in [9.17, 15) is 37.5 Å². The van der Waals surface area contributed by atoms with Gasteiger partial charge in [-0.15, -0.1) is 0 Å². The zero-order valence-electron chi connectivity index (χ0n) is 26.0. The van der Waals surface area contributed by atoms with Gasteiger partial charge in [-0.3, -0.25) is 34.0 Å². The first-order valence-electron chi connectivity index (χ1n) is 15.4. The Kier molecular flexibility index (Phi) is 8.09. The molecule has 16 nitrogen and oxygen atoms in total. The largest absolute Gasteiger partial charge is 0.506 e. The fourth-order valence-corrected chi connectivity index (χ4v) is 7.36. The van der Waals surface area contributed by atoms with Crippen molar-refractivity contribution in [1.82, 2.24) is 24.7 Å².